The number of nitrogens with two attached hydrogens (primary N) is 1. The van der Waals surface area contributed by atoms with Crippen molar-refractivity contribution in [1.82, 2.24) is 10.4 Å². The third-order valence-electron chi connectivity index (χ3n) is 1.23. The van der Waals surface area contributed by atoms with E-state index in [1.54, 1.807) is 6.92 Å². The van der Waals surface area contributed by atoms with Crippen LogP contribution in [0.3, 0.4) is 0 Å². The fourth-order valence-electron chi connectivity index (χ4n) is 0.604. The third-order valence-corrected chi connectivity index (χ3v) is 1.23. The zero-order chi connectivity index (χ0) is 9.56. The Bertz CT molecular complexity index is 171. The molecule has 0 aromatic heterocycles. The molecule has 0 aliphatic heterocycles. The minimum absolute atomic E-state index is 0.131. The molecule has 0 aromatic carbocycles. The van der Waals surface area contributed by atoms with E-state index < -0.39 is 0 Å². The molecule has 6 heteroatoms. The Morgan fingerprint density at radius 2 is 2.33 bits per heavy atom. The number of nitrogens with zero attached hydrogens (tertiary/aromatic N) is 1. The molecular formula is C6H14N4O2. The topological polar surface area (TPSA) is 102 Å². The largest absolute Gasteiger partial charge is 0.370 e. The SMILES string of the molecule is CCC(=O)N(O)CCNC(=N)N. The number of hydrogen-bond donors (Lipinski definition) is 4. The van der Waals surface area contributed by atoms with Crippen molar-refractivity contribution in [3.05, 3.63) is 0 Å². The Labute approximate surface area is 70.8 Å². The molecule has 0 saturated heterocycles. The molecule has 0 bridgehead atoms. The standard InChI is InChI=1S/C6H14N4O2/c1-2-5(11)10(12)4-3-9-6(7)8/h12H,2-4H2,1H3,(H4,7,8,9). The van der Waals surface area contributed by atoms with Crippen molar-refractivity contribution in [3.8, 4) is 0 Å². The highest BCUT2D eigenvalue weighted by Crippen LogP contribution is 1.86. The van der Waals surface area contributed by atoms with Crippen molar-refractivity contribution >= 4 is 11.9 Å². The normalized spacial score (nSPS) is 9.17. The van der Waals surface area contributed by atoms with Gasteiger partial charge in [0, 0.05) is 13.0 Å². The predicted molar refractivity (Wildman–Crippen MR) is 43.7 cm³/mol. The van der Waals surface area contributed by atoms with Crippen molar-refractivity contribution in [1.29, 1.82) is 5.41 Å². The molecule has 0 heterocycles. The smallest absolute Gasteiger partial charge is 0.245 e. The van der Waals surface area contributed by atoms with E-state index >= 15 is 0 Å². The van der Waals surface area contributed by atoms with E-state index in [0.717, 1.165) is 0 Å². The van der Waals surface area contributed by atoms with E-state index in [4.69, 9.17) is 16.4 Å². The van der Waals surface area contributed by atoms with Crippen molar-refractivity contribution in [2.75, 3.05) is 13.1 Å². The lowest BCUT2D eigenvalue weighted by Gasteiger charge is -2.13. The summed E-state index contributed by atoms with van der Waals surface area (Å²) in [5.41, 5.74) is 4.97. The van der Waals surface area contributed by atoms with Gasteiger partial charge in [-0.1, -0.05) is 6.92 Å². The molecule has 0 spiro atoms. The first kappa shape index (κ1) is 10.7. The summed E-state index contributed by atoms with van der Waals surface area (Å²) in [5.74, 6) is -0.521. The first-order chi connectivity index (χ1) is 5.57. The van der Waals surface area contributed by atoms with E-state index in [1.807, 2.05) is 0 Å². The van der Waals surface area contributed by atoms with Crippen LogP contribution in [0.1, 0.15) is 13.3 Å². The van der Waals surface area contributed by atoms with Crippen molar-refractivity contribution in [2.45, 2.75) is 13.3 Å². The molecule has 12 heavy (non-hydrogen) atoms. The quantitative estimate of drug-likeness (QED) is 0.192. The highest BCUT2D eigenvalue weighted by Gasteiger charge is 2.06. The molecule has 0 radical (unpaired) electrons. The molecule has 0 saturated carbocycles. The fraction of sp³-hybridized carbons (Fsp3) is 0.667. The summed E-state index contributed by atoms with van der Waals surface area (Å²) in [6.07, 6.45) is 0.260. The summed E-state index contributed by atoms with van der Waals surface area (Å²) in [6, 6.07) is 0. The fourth-order valence-corrected chi connectivity index (χ4v) is 0.604. The molecule has 1 amide bonds. The molecular weight excluding hydrogens is 160 g/mol. The molecule has 6 nitrogen and oxygen atoms in total. The van der Waals surface area contributed by atoms with Gasteiger partial charge in [0.05, 0.1) is 6.54 Å². The van der Waals surface area contributed by atoms with Crippen LogP contribution in [0.5, 0.6) is 0 Å². The van der Waals surface area contributed by atoms with Crippen LogP contribution < -0.4 is 11.1 Å². The summed E-state index contributed by atoms with van der Waals surface area (Å²) < 4.78 is 0. The van der Waals surface area contributed by atoms with Crippen LogP contribution in [-0.4, -0.2) is 35.2 Å². The maximum Gasteiger partial charge on any atom is 0.245 e. The van der Waals surface area contributed by atoms with Gasteiger partial charge in [-0.05, 0) is 0 Å². The zero-order valence-corrected chi connectivity index (χ0v) is 7.00. The molecule has 0 atom stereocenters. The van der Waals surface area contributed by atoms with Gasteiger partial charge in [0.15, 0.2) is 5.96 Å². The first-order valence-corrected chi connectivity index (χ1v) is 3.65. The highest BCUT2D eigenvalue weighted by molar-refractivity contribution is 5.75. The number of guanidine groups is 1. The average molecular weight is 174 g/mol. The third kappa shape index (κ3) is 4.51. The van der Waals surface area contributed by atoms with Gasteiger partial charge in [0.25, 0.3) is 0 Å². The lowest BCUT2D eigenvalue weighted by atomic mass is 10.4. The highest BCUT2D eigenvalue weighted by atomic mass is 16.5. The number of carbonyl (C=O) groups excluding carboxylic acids is 1. The molecule has 0 rings (SSSR count). The maximum absolute atomic E-state index is 10.8. The molecule has 0 aliphatic carbocycles. The van der Waals surface area contributed by atoms with Gasteiger partial charge in [0.1, 0.15) is 0 Å². The number of hydroxylamine groups is 2. The minimum Gasteiger partial charge on any atom is -0.370 e. The van der Waals surface area contributed by atoms with E-state index in [2.05, 4.69) is 5.32 Å². The predicted octanol–water partition coefficient (Wildman–Crippen LogP) is -0.903. The molecule has 5 N–H and O–H groups in total. The lowest BCUT2D eigenvalue weighted by Crippen LogP contribution is -2.38. The van der Waals surface area contributed by atoms with Crippen molar-refractivity contribution in [3.63, 3.8) is 0 Å². The summed E-state index contributed by atoms with van der Waals surface area (Å²) in [6.45, 7) is 2.06. The van der Waals surface area contributed by atoms with Gasteiger partial charge in [0.2, 0.25) is 5.91 Å². The second-order valence-electron chi connectivity index (χ2n) is 2.21. The number of nitrogens with one attached hydrogen (secondary N) is 2. The van der Waals surface area contributed by atoms with Crippen molar-refractivity contribution in [2.24, 2.45) is 5.73 Å². The Morgan fingerprint density at radius 3 is 2.75 bits per heavy atom. The second kappa shape index (κ2) is 5.36. The van der Waals surface area contributed by atoms with Crippen molar-refractivity contribution < 1.29 is 10.0 Å². The van der Waals surface area contributed by atoms with Crippen LogP contribution >= 0.6 is 0 Å². The van der Waals surface area contributed by atoms with Crippen LogP contribution in [0.4, 0.5) is 0 Å². The molecule has 0 aromatic rings. The van der Waals surface area contributed by atoms with Gasteiger partial charge in [-0.15, -0.1) is 0 Å². The number of hydrogen-bond acceptors (Lipinski definition) is 3. The first-order valence-electron chi connectivity index (χ1n) is 3.65. The monoisotopic (exact) mass is 174 g/mol. The van der Waals surface area contributed by atoms with Crippen LogP contribution in [0.2, 0.25) is 0 Å². The van der Waals surface area contributed by atoms with Gasteiger partial charge >= 0.3 is 0 Å². The van der Waals surface area contributed by atoms with Crippen LogP contribution in [0, 0.1) is 5.41 Å². The summed E-state index contributed by atoms with van der Waals surface area (Å²) in [5, 5.41) is 18.8. The summed E-state index contributed by atoms with van der Waals surface area (Å²) >= 11 is 0. The van der Waals surface area contributed by atoms with Gasteiger partial charge in [-0.2, -0.15) is 0 Å². The van der Waals surface area contributed by atoms with Gasteiger partial charge in [-0.3, -0.25) is 15.4 Å². The van der Waals surface area contributed by atoms with Crippen LogP contribution in [-0.2, 0) is 4.79 Å². The molecule has 0 fully saturated rings. The Kier molecular flexibility index (Phi) is 4.78. The number of rotatable bonds is 4. The summed E-state index contributed by atoms with van der Waals surface area (Å²) in [7, 11) is 0. The number of carbonyl (C=O) groups is 1. The van der Waals surface area contributed by atoms with Gasteiger partial charge < -0.3 is 11.1 Å². The molecule has 0 aliphatic rings. The minimum atomic E-state index is -0.347. The van der Waals surface area contributed by atoms with Crippen LogP contribution in [0.25, 0.3) is 0 Å². The van der Waals surface area contributed by atoms with E-state index in [-0.39, 0.29) is 31.4 Å². The average Bonchev–Trinajstić information content (AvgIpc) is 2.02. The van der Waals surface area contributed by atoms with E-state index in [1.165, 1.54) is 0 Å². The lowest BCUT2D eigenvalue weighted by molar-refractivity contribution is -0.164. The molecule has 70 valence electrons. The van der Waals surface area contributed by atoms with E-state index in [9.17, 15) is 4.79 Å². The Morgan fingerprint density at radius 1 is 1.75 bits per heavy atom. The van der Waals surface area contributed by atoms with Crippen LogP contribution in [0.15, 0.2) is 0 Å². The van der Waals surface area contributed by atoms with Gasteiger partial charge in [-0.25, -0.2) is 5.06 Å². The Hall–Kier alpha value is -1.30. The number of amides is 1. The van der Waals surface area contributed by atoms with E-state index in [0.29, 0.717) is 5.06 Å². The summed E-state index contributed by atoms with van der Waals surface area (Å²) in [4.78, 5) is 10.8. The second-order valence-corrected chi connectivity index (χ2v) is 2.21. The Balaban J connectivity index is 3.50. The maximum atomic E-state index is 10.8. The molecule has 0 unspecified atom stereocenters. The zero-order valence-electron chi connectivity index (χ0n) is 7.00.